The van der Waals surface area contributed by atoms with E-state index in [9.17, 15) is 9.59 Å². The first-order chi connectivity index (χ1) is 14.8. The fourth-order valence-corrected chi connectivity index (χ4v) is 5.02. The molecule has 1 saturated heterocycles. The minimum Gasteiger partial charge on any atom is -0.493 e. The van der Waals surface area contributed by atoms with E-state index < -0.39 is 0 Å². The molecule has 2 amide bonds. The van der Waals surface area contributed by atoms with Gasteiger partial charge in [0.2, 0.25) is 0 Å². The third-order valence-corrected chi connectivity index (χ3v) is 6.60. The second-order valence-corrected chi connectivity index (χ2v) is 9.50. The van der Waals surface area contributed by atoms with E-state index in [0.717, 1.165) is 14.7 Å². The van der Waals surface area contributed by atoms with Crippen molar-refractivity contribution in [2.75, 3.05) is 25.6 Å². The van der Waals surface area contributed by atoms with Crippen molar-refractivity contribution < 1.29 is 19.1 Å². The van der Waals surface area contributed by atoms with Crippen LogP contribution in [0.5, 0.6) is 11.5 Å². The maximum absolute atomic E-state index is 12.5. The number of rotatable bonds is 7. The monoisotopic (exact) mass is 568 g/mol. The van der Waals surface area contributed by atoms with E-state index in [1.54, 1.807) is 17.0 Å². The minimum atomic E-state index is -0.269. The van der Waals surface area contributed by atoms with E-state index in [2.05, 4.69) is 27.9 Å². The zero-order valence-electron chi connectivity index (χ0n) is 17.2. The summed E-state index contributed by atoms with van der Waals surface area (Å²) in [6.45, 7) is 4.26. The molecule has 31 heavy (non-hydrogen) atoms. The van der Waals surface area contributed by atoms with E-state index in [4.69, 9.17) is 21.7 Å². The van der Waals surface area contributed by atoms with Crippen molar-refractivity contribution in [3.8, 4) is 11.5 Å². The van der Waals surface area contributed by atoms with Crippen LogP contribution >= 0.6 is 46.6 Å². The van der Waals surface area contributed by atoms with Gasteiger partial charge in [-0.1, -0.05) is 41.7 Å². The number of carbonyl (C=O) groups excluding carboxylic acids is 2. The molecule has 2 aromatic rings. The number of aryl methyl sites for hydroxylation is 1. The van der Waals surface area contributed by atoms with Gasteiger partial charge in [0.1, 0.15) is 4.32 Å². The van der Waals surface area contributed by atoms with Crippen molar-refractivity contribution in [1.29, 1.82) is 0 Å². The molecule has 0 unspecified atom stereocenters. The summed E-state index contributed by atoms with van der Waals surface area (Å²) in [5.74, 6) is 0.585. The molecule has 1 fully saturated rings. The van der Waals surface area contributed by atoms with Crippen LogP contribution in [0.25, 0.3) is 6.08 Å². The molecule has 1 heterocycles. The highest BCUT2D eigenvalue weighted by molar-refractivity contribution is 14.1. The second-order valence-electron chi connectivity index (χ2n) is 6.66. The Labute approximate surface area is 204 Å². The number of carbonyl (C=O) groups is 2. The van der Waals surface area contributed by atoms with Gasteiger partial charge in [0, 0.05) is 12.2 Å². The number of benzene rings is 2. The lowest BCUT2D eigenvalue weighted by atomic mass is 10.2. The molecule has 0 saturated carbocycles. The lowest BCUT2D eigenvalue weighted by Gasteiger charge is -2.14. The third kappa shape index (κ3) is 5.78. The number of amides is 2. The zero-order chi connectivity index (χ0) is 22.5. The molecule has 0 radical (unpaired) electrons. The smallest absolute Gasteiger partial charge is 0.266 e. The number of thiocarbonyl (C=S) groups is 1. The molecule has 1 N–H and O–H groups in total. The number of nitrogens with zero attached hydrogens (tertiary/aromatic N) is 1. The summed E-state index contributed by atoms with van der Waals surface area (Å²) in [5, 5.41) is 2.80. The van der Waals surface area contributed by atoms with E-state index in [1.165, 1.54) is 18.9 Å². The first-order valence-corrected chi connectivity index (χ1v) is 11.7. The van der Waals surface area contributed by atoms with Crippen LogP contribution < -0.4 is 14.8 Å². The molecule has 1 aliphatic heterocycles. The van der Waals surface area contributed by atoms with Crippen LogP contribution in [0.2, 0.25) is 0 Å². The molecular formula is C22H21IN2O4S2. The van der Waals surface area contributed by atoms with Crippen molar-refractivity contribution in [3.63, 3.8) is 0 Å². The molecule has 0 atom stereocenters. The SMILES string of the molecule is CCN1C(=O)/C(=C/c2cc(I)c(OCC(=O)Nc3ccc(C)cc3)c(OC)c2)SC1=S. The van der Waals surface area contributed by atoms with Crippen molar-refractivity contribution in [1.82, 2.24) is 4.90 Å². The number of methoxy groups -OCH3 is 1. The molecule has 3 rings (SSSR count). The maximum Gasteiger partial charge on any atom is 0.266 e. The average Bonchev–Trinajstić information content (AvgIpc) is 3.00. The number of thioether (sulfide) groups is 1. The summed E-state index contributed by atoms with van der Waals surface area (Å²) in [4.78, 5) is 26.8. The van der Waals surface area contributed by atoms with Gasteiger partial charge in [-0.15, -0.1) is 0 Å². The van der Waals surface area contributed by atoms with Crippen molar-refractivity contribution >= 4 is 74.5 Å². The topological polar surface area (TPSA) is 67.9 Å². The summed E-state index contributed by atoms with van der Waals surface area (Å²) in [6, 6.07) is 11.2. The standard InChI is InChI=1S/C22H21IN2O4S2/c1-4-25-21(27)18(31-22(25)30)11-14-9-16(23)20(17(10-14)28-3)29-12-19(26)24-15-7-5-13(2)6-8-15/h5-11H,4,12H2,1-3H3,(H,24,26)/b18-11-. The third-order valence-electron chi connectivity index (χ3n) is 4.42. The number of ether oxygens (including phenoxy) is 2. The Morgan fingerprint density at radius 3 is 2.61 bits per heavy atom. The van der Waals surface area contributed by atoms with Crippen molar-refractivity contribution in [2.45, 2.75) is 13.8 Å². The highest BCUT2D eigenvalue weighted by atomic mass is 127. The van der Waals surface area contributed by atoms with Crippen LogP contribution in [0.4, 0.5) is 5.69 Å². The fraction of sp³-hybridized carbons (Fsp3) is 0.227. The van der Waals surface area contributed by atoms with Gasteiger partial charge in [-0.25, -0.2) is 0 Å². The van der Waals surface area contributed by atoms with E-state index in [-0.39, 0.29) is 18.4 Å². The second kappa shape index (κ2) is 10.5. The normalized spacial score (nSPS) is 14.8. The van der Waals surface area contributed by atoms with Crippen molar-refractivity contribution in [2.24, 2.45) is 0 Å². The van der Waals surface area contributed by atoms with E-state index in [0.29, 0.717) is 33.0 Å². The molecule has 162 valence electrons. The van der Waals surface area contributed by atoms with Crippen molar-refractivity contribution in [3.05, 3.63) is 56.0 Å². The summed E-state index contributed by atoms with van der Waals surface area (Å²) in [6.07, 6.45) is 1.79. The van der Waals surface area contributed by atoms with Gasteiger partial charge in [0.15, 0.2) is 18.1 Å². The van der Waals surface area contributed by atoms with Gasteiger partial charge >= 0.3 is 0 Å². The highest BCUT2D eigenvalue weighted by Crippen LogP contribution is 2.37. The molecule has 0 bridgehead atoms. The van der Waals surface area contributed by atoms with Gasteiger partial charge in [0.05, 0.1) is 15.6 Å². The molecule has 0 aliphatic carbocycles. The quantitative estimate of drug-likeness (QED) is 0.293. The Bertz CT molecular complexity index is 1050. The molecule has 6 nitrogen and oxygen atoms in total. The van der Waals surface area contributed by atoms with Gasteiger partial charge in [-0.2, -0.15) is 0 Å². The Morgan fingerprint density at radius 2 is 2.00 bits per heavy atom. The molecule has 0 aromatic heterocycles. The molecule has 9 heteroatoms. The minimum absolute atomic E-state index is 0.0976. The van der Waals surface area contributed by atoms with Gasteiger partial charge < -0.3 is 14.8 Å². The summed E-state index contributed by atoms with van der Waals surface area (Å²) in [5.41, 5.74) is 2.61. The Balaban J connectivity index is 1.73. The van der Waals surface area contributed by atoms with Crippen LogP contribution in [0.3, 0.4) is 0 Å². The molecule has 2 aromatic carbocycles. The Kier molecular flexibility index (Phi) is 7.95. The lowest BCUT2D eigenvalue weighted by molar-refractivity contribution is -0.122. The van der Waals surface area contributed by atoms with Crippen LogP contribution in [-0.4, -0.2) is 41.3 Å². The zero-order valence-corrected chi connectivity index (χ0v) is 21.0. The van der Waals surface area contributed by atoms with Crippen LogP contribution in [-0.2, 0) is 9.59 Å². The number of nitrogens with one attached hydrogen (secondary N) is 1. The number of anilines is 1. The summed E-state index contributed by atoms with van der Waals surface area (Å²) < 4.78 is 12.5. The predicted octanol–water partition coefficient (Wildman–Crippen LogP) is 4.85. The highest BCUT2D eigenvalue weighted by Gasteiger charge is 2.30. The van der Waals surface area contributed by atoms with Gasteiger partial charge in [0.25, 0.3) is 11.8 Å². The van der Waals surface area contributed by atoms with Gasteiger partial charge in [-0.05, 0) is 72.3 Å². The van der Waals surface area contributed by atoms with E-state index in [1.807, 2.05) is 44.2 Å². The number of hydrogen-bond donors (Lipinski definition) is 1. The largest absolute Gasteiger partial charge is 0.493 e. The average molecular weight is 568 g/mol. The van der Waals surface area contributed by atoms with Crippen LogP contribution in [0.15, 0.2) is 41.3 Å². The first-order valence-electron chi connectivity index (χ1n) is 9.44. The summed E-state index contributed by atoms with van der Waals surface area (Å²) >= 11 is 8.66. The van der Waals surface area contributed by atoms with E-state index >= 15 is 0 Å². The Hall–Kier alpha value is -2.11. The first kappa shape index (κ1) is 23.6. The molecule has 1 aliphatic rings. The fourth-order valence-electron chi connectivity index (χ4n) is 2.86. The lowest BCUT2D eigenvalue weighted by Crippen LogP contribution is -2.27. The predicted molar refractivity (Wildman–Crippen MR) is 137 cm³/mol. The summed E-state index contributed by atoms with van der Waals surface area (Å²) in [7, 11) is 1.53. The van der Waals surface area contributed by atoms with Crippen LogP contribution in [0, 0.1) is 10.5 Å². The maximum atomic E-state index is 12.5. The molecular weight excluding hydrogens is 547 g/mol. The van der Waals surface area contributed by atoms with Crippen LogP contribution in [0.1, 0.15) is 18.1 Å². The number of likely N-dealkylation sites (N-methyl/N-ethyl adjacent to an activating group) is 1. The number of hydrogen-bond acceptors (Lipinski definition) is 6. The van der Waals surface area contributed by atoms with Gasteiger partial charge in [-0.3, -0.25) is 14.5 Å². The number of halogens is 1. The Morgan fingerprint density at radius 1 is 1.29 bits per heavy atom. The molecule has 0 spiro atoms.